The predicted molar refractivity (Wildman–Crippen MR) is 266 cm³/mol. The number of hydrogen-bond donors (Lipinski definition) is 2. The highest BCUT2D eigenvalue weighted by Gasteiger charge is 2.40. The van der Waals surface area contributed by atoms with Gasteiger partial charge >= 0.3 is 12.0 Å². The number of thiazole rings is 1. The molecule has 6 bridgehead atoms. The van der Waals surface area contributed by atoms with Gasteiger partial charge in [0.2, 0.25) is 5.91 Å². The molecule has 5 atom stereocenters. The largest absolute Gasteiger partial charge is 0.464 e. The summed E-state index contributed by atoms with van der Waals surface area (Å²) in [5, 5.41) is 8.06. The molecule has 7 rings (SSSR count). The molecule has 4 aromatic rings. The van der Waals surface area contributed by atoms with Crippen LogP contribution in [-0.4, -0.2) is 124 Å². The molecule has 69 heavy (non-hydrogen) atoms. The number of urea groups is 1. The maximum absolute atomic E-state index is 14.7. The zero-order valence-corrected chi connectivity index (χ0v) is 42.2. The number of nitrogens with one attached hydrogen (secondary N) is 2. The molecule has 1 aromatic carbocycles. The number of aromatic nitrogens is 3. The van der Waals surface area contributed by atoms with Crippen LogP contribution in [0.1, 0.15) is 83.7 Å². The van der Waals surface area contributed by atoms with Crippen LogP contribution in [0.25, 0.3) is 33.4 Å². The predicted octanol–water partition coefficient (Wildman–Crippen LogP) is 7.97. The zero-order valence-electron chi connectivity index (χ0n) is 41.3. The van der Waals surface area contributed by atoms with Crippen LogP contribution in [0.15, 0.2) is 78.1 Å². The van der Waals surface area contributed by atoms with E-state index in [1.54, 1.807) is 44.3 Å². The Balaban J connectivity index is 1.26. The third kappa shape index (κ3) is 11.2. The van der Waals surface area contributed by atoms with Crippen LogP contribution in [-0.2, 0) is 48.0 Å². The number of morpholine rings is 1. The Morgan fingerprint density at radius 2 is 1.96 bits per heavy atom. The van der Waals surface area contributed by atoms with Gasteiger partial charge in [-0.2, -0.15) is 0 Å². The molecule has 0 spiro atoms. The number of benzene rings is 1. The number of nitrogens with zero attached hydrogens (tertiary/aromatic N) is 6. The molecule has 15 nitrogen and oxygen atoms in total. The number of aryl methyl sites for hydroxylation is 1. The number of rotatable bonds is 11. The van der Waals surface area contributed by atoms with E-state index >= 15 is 0 Å². The molecule has 0 unspecified atom stereocenters. The van der Waals surface area contributed by atoms with Gasteiger partial charge in [-0.05, 0) is 87.4 Å². The van der Waals surface area contributed by atoms with Crippen LogP contribution < -0.4 is 10.7 Å². The molecule has 2 N–H and O–H groups in total. The second-order valence-corrected chi connectivity index (χ2v) is 20.1. The Morgan fingerprint density at radius 1 is 1.17 bits per heavy atom. The molecule has 6 heterocycles. The number of allylic oxidation sites excluding steroid dienone is 3. The van der Waals surface area contributed by atoms with Crippen molar-refractivity contribution in [1.29, 1.82) is 0 Å². The third-order valence-electron chi connectivity index (χ3n) is 13.3. The fraction of sp³-hybridized carbons (Fsp3) is 0.500. The number of cyclic esters (lactones) is 1. The molecule has 3 aliphatic rings. The highest BCUT2D eigenvalue weighted by atomic mass is 32.1. The van der Waals surface area contributed by atoms with E-state index in [0.29, 0.717) is 42.9 Å². The van der Waals surface area contributed by atoms with Crippen LogP contribution >= 0.6 is 11.3 Å². The Morgan fingerprint density at radius 3 is 2.67 bits per heavy atom. The number of ether oxygens (including phenoxy) is 3. The standard InChI is InChI=1S/C52H67FN8O7S/c1-11-34(18-17-32(5)53)43-28-67-24-23-60(43)51(65)58(9)46(31(3)4)48(62)56-40-26-44-55-41(29-69-44)35-19-20-42-37(25-35)38(47(59(42)12-2)36-15-13-21-54-45(36)33(6)66-10)27-52(7,8)30-68-50(64)39-16-14-22-61(57-39)49(40)63/h11,13,15,17-21,25,29,31,33,39-40,43,46,57H,5,12,14,16,22-24,26-28,30H2,1-4,6-10H3,(H,56,62)/b18-17-,34-11+/t33-,39-,40-,43+,46-/m0/s1. The first-order valence-electron chi connectivity index (χ1n) is 23.9. The van der Waals surface area contributed by atoms with Crippen molar-refractivity contribution in [1.82, 2.24) is 40.1 Å². The molecule has 4 amide bonds. The number of likely N-dealkylation sites (N-methyl/N-ethyl adjacent to an activating group) is 1. The number of hydrazine groups is 1. The molecule has 0 aliphatic carbocycles. The second kappa shape index (κ2) is 21.9. The Labute approximate surface area is 408 Å². The molecule has 2 fully saturated rings. The van der Waals surface area contributed by atoms with E-state index in [1.165, 1.54) is 27.3 Å². The topological polar surface area (TPSA) is 160 Å². The lowest BCUT2D eigenvalue weighted by Gasteiger charge is -2.41. The maximum Gasteiger partial charge on any atom is 0.324 e. The fourth-order valence-electron chi connectivity index (χ4n) is 9.76. The highest BCUT2D eigenvalue weighted by Crippen LogP contribution is 2.42. The highest BCUT2D eigenvalue weighted by molar-refractivity contribution is 7.10. The molecule has 2 saturated heterocycles. The van der Waals surface area contributed by atoms with E-state index in [0.717, 1.165) is 44.7 Å². The minimum Gasteiger partial charge on any atom is -0.464 e. The van der Waals surface area contributed by atoms with Crippen molar-refractivity contribution in [2.75, 3.05) is 47.1 Å². The second-order valence-electron chi connectivity index (χ2n) is 19.2. The number of fused-ring (bicyclic) bond motifs is 6. The minimum atomic E-state index is -1.12. The van der Waals surface area contributed by atoms with Gasteiger partial charge in [0.05, 0.1) is 54.1 Å². The van der Waals surface area contributed by atoms with Gasteiger partial charge in [-0.1, -0.05) is 52.5 Å². The number of esters is 1. The molecular formula is C52H67FN8O7S. The van der Waals surface area contributed by atoms with Crippen molar-refractivity contribution in [3.8, 4) is 22.5 Å². The summed E-state index contributed by atoms with van der Waals surface area (Å²) in [6, 6.07) is 6.50. The van der Waals surface area contributed by atoms with Gasteiger partial charge in [0.15, 0.2) is 0 Å². The van der Waals surface area contributed by atoms with Gasteiger partial charge in [-0.3, -0.25) is 24.4 Å². The summed E-state index contributed by atoms with van der Waals surface area (Å²) in [7, 11) is 3.26. The molecule has 0 radical (unpaired) electrons. The summed E-state index contributed by atoms with van der Waals surface area (Å²) in [5.74, 6) is -2.44. The zero-order chi connectivity index (χ0) is 49.7. The lowest BCUT2D eigenvalue weighted by molar-refractivity contribution is -0.155. The molecule has 370 valence electrons. The lowest BCUT2D eigenvalue weighted by Crippen LogP contribution is -2.63. The molecular weight excluding hydrogens is 900 g/mol. The summed E-state index contributed by atoms with van der Waals surface area (Å²) in [6.07, 6.45) is 7.71. The molecule has 0 saturated carbocycles. The SMILES string of the molecule is C=C(F)/C=C\C(=C/C)[C@H]1COCCN1C(=O)N(C)[C@H](C(=O)N[C@H]1Cc2nc(cs2)-c2ccc3c(c2)c(c(-c2cccnc2[C@H](C)OC)n3CC)CC(C)(C)COC(=O)[C@@H]2CCCN(N2)C1=O)C(C)C. The van der Waals surface area contributed by atoms with Crippen molar-refractivity contribution < 1.29 is 37.8 Å². The number of hydrogen-bond acceptors (Lipinski definition) is 11. The smallest absolute Gasteiger partial charge is 0.324 e. The molecule has 3 aromatic heterocycles. The van der Waals surface area contributed by atoms with Crippen LogP contribution in [0.4, 0.5) is 9.18 Å². The van der Waals surface area contributed by atoms with Crippen LogP contribution in [0.2, 0.25) is 0 Å². The number of carbonyl (C=O) groups is 4. The van der Waals surface area contributed by atoms with E-state index in [2.05, 4.69) is 66.9 Å². The summed E-state index contributed by atoms with van der Waals surface area (Å²) < 4.78 is 33.7. The minimum absolute atomic E-state index is 0.0485. The first-order chi connectivity index (χ1) is 33.0. The Bertz CT molecular complexity index is 2620. The number of pyridine rings is 1. The van der Waals surface area contributed by atoms with Crippen molar-refractivity contribution >= 4 is 46.1 Å². The van der Waals surface area contributed by atoms with Crippen LogP contribution in [0, 0.1) is 11.3 Å². The van der Waals surface area contributed by atoms with Crippen molar-refractivity contribution in [2.24, 2.45) is 11.3 Å². The van der Waals surface area contributed by atoms with Crippen LogP contribution in [0.5, 0.6) is 0 Å². The maximum atomic E-state index is 14.7. The summed E-state index contributed by atoms with van der Waals surface area (Å²) >= 11 is 1.39. The number of methoxy groups -OCH3 is 1. The van der Waals surface area contributed by atoms with E-state index in [1.807, 2.05) is 32.2 Å². The van der Waals surface area contributed by atoms with E-state index < -0.39 is 59.2 Å². The average Bonchev–Trinajstić information content (AvgIpc) is 3.93. The third-order valence-corrected chi connectivity index (χ3v) is 14.2. The first kappa shape index (κ1) is 51.1. The lowest BCUT2D eigenvalue weighted by atomic mass is 9.84. The molecule has 3 aliphatic heterocycles. The monoisotopic (exact) mass is 966 g/mol. The number of carbonyl (C=O) groups excluding carboxylic acids is 4. The number of halogens is 1. The van der Waals surface area contributed by atoms with Gasteiger partial charge in [0, 0.05) is 79.2 Å². The quantitative estimate of drug-likeness (QED) is 0.112. The van der Waals surface area contributed by atoms with E-state index in [9.17, 15) is 23.6 Å². The summed E-state index contributed by atoms with van der Waals surface area (Å²) in [5.41, 5.74) is 9.84. The van der Waals surface area contributed by atoms with Crippen molar-refractivity contribution in [3.05, 3.63) is 94.4 Å². The van der Waals surface area contributed by atoms with Gasteiger partial charge in [0.1, 0.15) is 24.0 Å². The Hall–Kier alpha value is -5.75. The van der Waals surface area contributed by atoms with Gasteiger partial charge in [-0.25, -0.2) is 19.6 Å². The fourth-order valence-corrected chi connectivity index (χ4v) is 10.6. The number of amides is 4. The first-order valence-corrected chi connectivity index (χ1v) is 24.8. The average molecular weight is 967 g/mol. The van der Waals surface area contributed by atoms with Gasteiger partial charge < -0.3 is 33.9 Å². The van der Waals surface area contributed by atoms with Gasteiger partial charge in [0.25, 0.3) is 5.91 Å². The molecule has 17 heteroatoms. The van der Waals surface area contributed by atoms with E-state index in [4.69, 9.17) is 24.2 Å². The van der Waals surface area contributed by atoms with E-state index in [-0.39, 0.29) is 44.8 Å². The normalized spacial score (nSPS) is 21.3. The van der Waals surface area contributed by atoms with Gasteiger partial charge in [-0.15, -0.1) is 11.3 Å². The van der Waals surface area contributed by atoms with Crippen molar-refractivity contribution in [2.45, 2.75) is 111 Å². The summed E-state index contributed by atoms with van der Waals surface area (Å²) in [4.78, 5) is 70.7. The van der Waals surface area contributed by atoms with Crippen LogP contribution in [0.3, 0.4) is 0 Å². The summed E-state index contributed by atoms with van der Waals surface area (Å²) in [6.45, 7) is 18.9. The van der Waals surface area contributed by atoms with Crippen molar-refractivity contribution in [3.63, 3.8) is 0 Å². The Kier molecular flexibility index (Phi) is 16.2.